The monoisotopic (exact) mass is 208 g/mol. The van der Waals surface area contributed by atoms with Gasteiger partial charge in [0.05, 0.1) is 12.3 Å². The highest BCUT2D eigenvalue weighted by atomic mass is 16.3. The first-order chi connectivity index (χ1) is 6.92. The number of hydrogen-bond acceptors (Lipinski definition) is 3. The van der Waals surface area contributed by atoms with Gasteiger partial charge >= 0.3 is 0 Å². The summed E-state index contributed by atoms with van der Waals surface area (Å²) >= 11 is 0. The number of amides is 1. The Morgan fingerprint density at radius 1 is 1.53 bits per heavy atom. The molecule has 0 saturated carbocycles. The Balaban J connectivity index is 2.82. The highest BCUT2D eigenvalue weighted by Gasteiger charge is 2.15. The first-order valence-electron chi connectivity index (χ1n) is 4.81. The van der Waals surface area contributed by atoms with Crippen LogP contribution in [0.5, 0.6) is 0 Å². The Morgan fingerprint density at radius 3 is 2.73 bits per heavy atom. The average Bonchev–Trinajstić information content (AvgIpc) is 2.15. The molecule has 1 heterocycles. The molecule has 0 bridgehead atoms. The molecule has 0 spiro atoms. The summed E-state index contributed by atoms with van der Waals surface area (Å²) in [4.78, 5) is 15.6. The third kappa shape index (κ3) is 3.67. The van der Waals surface area contributed by atoms with Gasteiger partial charge in [0.25, 0.3) is 5.91 Å². The van der Waals surface area contributed by atoms with Crippen molar-refractivity contribution < 1.29 is 9.90 Å². The SMILES string of the molecule is CC(C)(C)NC(=O)c1ccnc(CO)c1. The van der Waals surface area contributed by atoms with Gasteiger partial charge in [-0.05, 0) is 32.9 Å². The number of carbonyl (C=O) groups excluding carboxylic acids is 1. The Morgan fingerprint density at radius 2 is 2.20 bits per heavy atom. The molecule has 1 aromatic rings. The molecular formula is C11H16N2O2. The van der Waals surface area contributed by atoms with Crippen LogP contribution in [0.25, 0.3) is 0 Å². The van der Waals surface area contributed by atoms with E-state index in [1.165, 1.54) is 6.20 Å². The molecule has 0 aliphatic carbocycles. The number of hydrogen-bond donors (Lipinski definition) is 2. The highest BCUT2D eigenvalue weighted by Crippen LogP contribution is 2.05. The predicted octanol–water partition coefficient (Wildman–Crippen LogP) is 1.10. The van der Waals surface area contributed by atoms with Gasteiger partial charge in [0, 0.05) is 17.3 Å². The molecule has 0 aromatic carbocycles. The van der Waals surface area contributed by atoms with Crippen LogP contribution >= 0.6 is 0 Å². The first kappa shape index (κ1) is 11.7. The minimum Gasteiger partial charge on any atom is -0.390 e. The third-order valence-corrected chi connectivity index (χ3v) is 1.73. The maximum atomic E-state index is 11.7. The maximum absolute atomic E-state index is 11.7. The molecule has 1 aromatic heterocycles. The lowest BCUT2D eigenvalue weighted by molar-refractivity contribution is 0.0919. The Hall–Kier alpha value is -1.42. The molecule has 0 aliphatic rings. The molecule has 2 N–H and O–H groups in total. The molecule has 0 fully saturated rings. The molecule has 0 atom stereocenters. The molecule has 0 saturated heterocycles. The van der Waals surface area contributed by atoms with Crippen molar-refractivity contribution in [1.29, 1.82) is 0 Å². The fraction of sp³-hybridized carbons (Fsp3) is 0.455. The van der Waals surface area contributed by atoms with Crippen molar-refractivity contribution in [1.82, 2.24) is 10.3 Å². The second-order valence-electron chi connectivity index (χ2n) is 4.40. The van der Waals surface area contributed by atoms with E-state index in [1.807, 2.05) is 20.8 Å². The van der Waals surface area contributed by atoms with Crippen LogP contribution in [0, 0.1) is 0 Å². The summed E-state index contributed by atoms with van der Waals surface area (Å²) in [5.74, 6) is -0.153. The lowest BCUT2D eigenvalue weighted by Gasteiger charge is -2.20. The van der Waals surface area contributed by atoms with Crippen LogP contribution in [0.2, 0.25) is 0 Å². The lowest BCUT2D eigenvalue weighted by atomic mass is 10.1. The van der Waals surface area contributed by atoms with E-state index in [0.717, 1.165) is 0 Å². The summed E-state index contributed by atoms with van der Waals surface area (Å²) < 4.78 is 0. The van der Waals surface area contributed by atoms with Crippen molar-refractivity contribution in [2.75, 3.05) is 0 Å². The fourth-order valence-corrected chi connectivity index (χ4v) is 1.12. The standard InChI is InChI=1S/C11H16N2O2/c1-11(2,3)13-10(15)8-4-5-12-9(6-8)7-14/h4-6,14H,7H2,1-3H3,(H,13,15). The minimum absolute atomic E-state index is 0.153. The summed E-state index contributed by atoms with van der Waals surface area (Å²) in [7, 11) is 0. The van der Waals surface area contributed by atoms with Crippen LogP contribution in [0.15, 0.2) is 18.3 Å². The van der Waals surface area contributed by atoms with Crippen molar-refractivity contribution in [3.05, 3.63) is 29.6 Å². The summed E-state index contributed by atoms with van der Waals surface area (Å²) in [6.07, 6.45) is 1.52. The summed E-state index contributed by atoms with van der Waals surface area (Å²) in [6.45, 7) is 5.59. The van der Waals surface area contributed by atoms with Gasteiger partial charge < -0.3 is 10.4 Å². The third-order valence-electron chi connectivity index (χ3n) is 1.73. The second kappa shape index (κ2) is 4.40. The molecule has 4 heteroatoms. The van der Waals surface area contributed by atoms with E-state index < -0.39 is 0 Å². The number of nitrogens with zero attached hydrogens (tertiary/aromatic N) is 1. The fourth-order valence-electron chi connectivity index (χ4n) is 1.12. The van der Waals surface area contributed by atoms with Crippen LogP contribution in [0.1, 0.15) is 36.8 Å². The van der Waals surface area contributed by atoms with Gasteiger partial charge in [-0.1, -0.05) is 0 Å². The zero-order chi connectivity index (χ0) is 11.5. The molecule has 1 rings (SSSR count). The molecule has 1 amide bonds. The number of pyridine rings is 1. The topological polar surface area (TPSA) is 62.2 Å². The van der Waals surface area contributed by atoms with E-state index >= 15 is 0 Å². The van der Waals surface area contributed by atoms with Gasteiger partial charge in [0.1, 0.15) is 0 Å². The Bertz CT molecular complexity index is 356. The summed E-state index contributed by atoms with van der Waals surface area (Å²) in [5.41, 5.74) is 0.750. The van der Waals surface area contributed by atoms with Gasteiger partial charge in [0.2, 0.25) is 0 Å². The highest BCUT2D eigenvalue weighted by molar-refractivity contribution is 5.94. The van der Waals surface area contributed by atoms with E-state index in [4.69, 9.17) is 5.11 Å². The number of nitrogens with one attached hydrogen (secondary N) is 1. The summed E-state index contributed by atoms with van der Waals surface area (Å²) in [6, 6.07) is 3.21. The Labute approximate surface area is 89.3 Å². The largest absolute Gasteiger partial charge is 0.390 e. The van der Waals surface area contributed by atoms with Crippen molar-refractivity contribution in [2.45, 2.75) is 32.9 Å². The molecule has 0 unspecified atom stereocenters. The number of carbonyl (C=O) groups is 1. The molecule has 15 heavy (non-hydrogen) atoms. The van der Waals surface area contributed by atoms with Gasteiger partial charge in [-0.2, -0.15) is 0 Å². The molecule has 4 nitrogen and oxygen atoms in total. The van der Waals surface area contributed by atoms with Crippen molar-refractivity contribution in [3.63, 3.8) is 0 Å². The minimum atomic E-state index is -0.264. The molecule has 0 aliphatic heterocycles. The number of aromatic nitrogens is 1. The zero-order valence-corrected chi connectivity index (χ0v) is 9.24. The van der Waals surface area contributed by atoms with Crippen LogP contribution in [0.4, 0.5) is 0 Å². The van der Waals surface area contributed by atoms with E-state index in [1.54, 1.807) is 12.1 Å². The van der Waals surface area contributed by atoms with Crippen LogP contribution in [0.3, 0.4) is 0 Å². The van der Waals surface area contributed by atoms with E-state index in [0.29, 0.717) is 11.3 Å². The number of rotatable bonds is 2. The van der Waals surface area contributed by atoms with Crippen molar-refractivity contribution in [3.8, 4) is 0 Å². The maximum Gasteiger partial charge on any atom is 0.251 e. The van der Waals surface area contributed by atoms with Gasteiger partial charge in [-0.15, -0.1) is 0 Å². The number of aliphatic hydroxyl groups excluding tert-OH is 1. The van der Waals surface area contributed by atoms with Gasteiger partial charge in [0.15, 0.2) is 0 Å². The van der Waals surface area contributed by atoms with Crippen LogP contribution < -0.4 is 5.32 Å². The lowest BCUT2D eigenvalue weighted by Crippen LogP contribution is -2.40. The van der Waals surface area contributed by atoms with E-state index in [9.17, 15) is 4.79 Å². The smallest absolute Gasteiger partial charge is 0.251 e. The molecular weight excluding hydrogens is 192 g/mol. The zero-order valence-electron chi connectivity index (χ0n) is 9.24. The van der Waals surface area contributed by atoms with Crippen molar-refractivity contribution >= 4 is 5.91 Å². The van der Waals surface area contributed by atoms with Crippen LogP contribution in [-0.4, -0.2) is 21.5 Å². The van der Waals surface area contributed by atoms with E-state index in [2.05, 4.69) is 10.3 Å². The Kier molecular flexibility index (Phi) is 3.42. The van der Waals surface area contributed by atoms with Crippen molar-refractivity contribution in [2.24, 2.45) is 0 Å². The van der Waals surface area contributed by atoms with Gasteiger partial charge in [-0.25, -0.2) is 0 Å². The normalized spacial score (nSPS) is 11.2. The van der Waals surface area contributed by atoms with E-state index in [-0.39, 0.29) is 18.1 Å². The molecule has 82 valence electrons. The predicted molar refractivity (Wildman–Crippen MR) is 57.4 cm³/mol. The second-order valence-corrected chi connectivity index (χ2v) is 4.40. The quantitative estimate of drug-likeness (QED) is 0.765. The van der Waals surface area contributed by atoms with Crippen LogP contribution in [-0.2, 0) is 6.61 Å². The first-order valence-corrected chi connectivity index (χ1v) is 4.81. The molecule has 0 radical (unpaired) electrons. The number of aliphatic hydroxyl groups is 1. The summed E-state index contributed by atoms with van der Waals surface area (Å²) in [5, 5.41) is 11.7. The van der Waals surface area contributed by atoms with Gasteiger partial charge in [-0.3, -0.25) is 9.78 Å². The average molecular weight is 208 g/mol.